The second-order valence-electron chi connectivity index (χ2n) is 13.1. The summed E-state index contributed by atoms with van der Waals surface area (Å²) in [6.07, 6.45) is 3.04. The van der Waals surface area contributed by atoms with Gasteiger partial charge in [-0.3, -0.25) is 4.90 Å². The standard InChI is InChI=1S/C24H38B7N9O3/c1-37(17-14-18-34-19(20-33-6-13-41-20)36-40(18)21(32)35-17)7-8-38-9-11-39(12-10-38)15-2-4-16(5-3-15)42-22(25,26)23(27,28)43-24(29,30)31/h2-6,13-14H,7-12,25-31H2,1H3,(H2,32,35). The molecule has 218 valence electrons. The van der Waals surface area contributed by atoms with E-state index in [-0.39, 0.29) is 11.2 Å². The normalized spacial score (nSPS) is 15.1. The predicted octanol–water partition coefficient (Wildman–Crippen LogP) is -5.63. The molecule has 0 amide bonds. The van der Waals surface area contributed by atoms with E-state index < -0.39 is 10.8 Å². The Bertz CT molecular complexity index is 1520. The Morgan fingerprint density at radius 2 is 1.67 bits per heavy atom. The number of likely N-dealkylation sites (N-methyl/N-ethyl adjacent to an activating group) is 1. The summed E-state index contributed by atoms with van der Waals surface area (Å²) < 4.78 is 19.6. The van der Waals surface area contributed by atoms with Crippen molar-refractivity contribution in [2.24, 2.45) is 0 Å². The number of benzene rings is 1. The molecule has 0 atom stereocenters. The molecule has 43 heavy (non-hydrogen) atoms. The van der Waals surface area contributed by atoms with Gasteiger partial charge < -0.3 is 29.4 Å². The molecule has 12 nitrogen and oxygen atoms in total. The van der Waals surface area contributed by atoms with Gasteiger partial charge in [-0.15, -0.1) is 5.10 Å². The topological polar surface area (TPSA) is 123 Å². The summed E-state index contributed by atoms with van der Waals surface area (Å²) in [5.41, 5.74) is 8.00. The monoisotopic (exact) mass is 577 g/mol. The van der Waals surface area contributed by atoms with Gasteiger partial charge in [0.05, 0.1) is 11.6 Å². The van der Waals surface area contributed by atoms with Gasteiger partial charge in [-0.05, 0) is 29.6 Å². The molecule has 1 aliphatic heterocycles. The van der Waals surface area contributed by atoms with E-state index in [4.69, 9.17) is 19.6 Å². The lowest BCUT2D eigenvalue weighted by atomic mass is 9.40. The molecule has 4 aromatic rings. The highest BCUT2D eigenvalue weighted by molar-refractivity contribution is 6.59. The number of hydrogen-bond acceptors (Lipinski definition) is 11. The molecule has 0 bridgehead atoms. The van der Waals surface area contributed by atoms with Crippen LogP contribution in [0.5, 0.6) is 5.75 Å². The van der Waals surface area contributed by atoms with Gasteiger partial charge >= 0.3 is 0 Å². The quantitative estimate of drug-likeness (QED) is 0.172. The Kier molecular flexibility index (Phi) is 8.59. The van der Waals surface area contributed by atoms with Crippen molar-refractivity contribution < 1.29 is 13.9 Å². The molecular formula is C24H38B7N9O3. The van der Waals surface area contributed by atoms with Crippen molar-refractivity contribution in [3.05, 3.63) is 42.8 Å². The lowest BCUT2D eigenvalue weighted by Gasteiger charge is -2.47. The van der Waals surface area contributed by atoms with Crippen LogP contribution in [-0.2, 0) is 4.74 Å². The maximum absolute atomic E-state index is 6.43. The Hall–Kier alpha value is -3.45. The lowest BCUT2D eigenvalue weighted by Crippen LogP contribution is -2.65. The van der Waals surface area contributed by atoms with Crippen molar-refractivity contribution in [3.63, 3.8) is 0 Å². The molecule has 1 fully saturated rings. The number of ether oxygens (including phenoxy) is 2. The molecule has 1 saturated heterocycles. The van der Waals surface area contributed by atoms with Crippen molar-refractivity contribution in [3.8, 4) is 17.5 Å². The minimum Gasteiger partial charge on any atom is -0.504 e. The number of aromatic nitrogens is 5. The second-order valence-corrected chi connectivity index (χ2v) is 13.1. The van der Waals surface area contributed by atoms with Gasteiger partial charge in [0.25, 0.3) is 5.89 Å². The number of oxazole rings is 1. The molecule has 0 saturated carbocycles. The van der Waals surface area contributed by atoms with Crippen LogP contribution < -0.4 is 20.3 Å². The van der Waals surface area contributed by atoms with Crippen LogP contribution in [0.15, 0.2) is 47.2 Å². The maximum Gasteiger partial charge on any atom is 0.266 e. The van der Waals surface area contributed by atoms with E-state index in [9.17, 15) is 0 Å². The first kappa shape index (κ1) is 31.0. The molecular weight excluding hydrogens is 538 g/mol. The molecule has 0 aliphatic carbocycles. The largest absolute Gasteiger partial charge is 0.504 e. The van der Waals surface area contributed by atoms with Crippen molar-refractivity contribution in [1.29, 1.82) is 0 Å². The number of hydrogen-bond donors (Lipinski definition) is 1. The van der Waals surface area contributed by atoms with Crippen molar-refractivity contribution in [2.45, 2.75) is 16.1 Å². The van der Waals surface area contributed by atoms with Crippen molar-refractivity contribution in [2.75, 3.05) is 61.8 Å². The van der Waals surface area contributed by atoms with Gasteiger partial charge in [0.15, 0.2) is 5.65 Å². The highest BCUT2D eigenvalue weighted by Crippen LogP contribution is 2.27. The Balaban J connectivity index is 1.12. The Morgan fingerprint density at radius 1 is 0.977 bits per heavy atom. The summed E-state index contributed by atoms with van der Waals surface area (Å²) in [6.45, 7) is 5.61. The molecule has 4 heterocycles. The average molecular weight is 576 g/mol. The van der Waals surface area contributed by atoms with Gasteiger partial charge in [0.2, 0.25) is 11.8 Å². The van der Waals surface area contributed by atoms with E-state index in [1.165, 1.54) is 16.5 Å². The smallest absolute Gasteiger partial charge is 0.266 e. The third kappa shape index (κ3) is 7.21. The molecule has 1 aromatic carbocycles. The molecule has 2 N–H and O–H groups in total. The molecule has 0 spiro atoms. The van der Waals surface area contributed by atoms with E-state index in [2.05, 4.69) is 114 Å². The van der Waals surface area contributed by atoms with E-state index in [0.29, 0.717) is 17.4 Å². The summed E-state index contributed by atoms with van der Waals surface area (Å²) in [6, 6.07) is 10.3. The van der Waals surface area contributed by atoms with Crippen LogP contribution in [0, 0.1) is 0 Å². The minimum absolute atomic E-state index is 0.258. The summed E-state index contributed by atoms with van der Waals surface area (Å²) in [7, 11) is 16.6. The number of nitrogen functional groups attached to an aromatic ring is 1. The highest BCUT2D eigenvalue weighted by atomic mass is 16.6. The van der Waals surface area contributed by atoms with Crippen LogP contribution in [-0.4, -0.2) is 147 Å². The van der Waals surface area contributed by atoms with E-state index >= 15 is 0 Å². The zero-order chi connectivity index (χ0) is 31.0. The van der Waals surface area contributed by atoms with Crippen molar-refractivity contribution >= 4 is 78.0 Å². The minimum atomic E-state index is -0.511. The molecule has 1 aliphatic rings. The van der Waals surface area contributed by atoms with Gasteiger partial charge in [0.1, 0.15) is 72.8 Å². The summed E-state index contributed by atoms with van der Waals surface area (Å²) in [5, 5.41) is 3.13. The lowest BCUT2D eigenvalue weighted by molar-refractivity contribution is 0.00241. The SMILES string of the molecule is BC(B)(B)OC(B)(B)C(B)(B)Oc1ccc(N2CCN(CCN(C)c3cc4nc(-c5ncco5)nn4c(N)n3)CC2)cc1. The van der Waals surface area contributed by atoms with Crippen LogP contribution >= 0.6 is 0 Å². The number of rotatable bonds is 11. The number of nitrogens with two attached hydrogens (primary N) is 1. The van der Waals surface area contributed by atoms with E-state index in [1.54, 1.807) is 6.20 Å². The van der Waals surface area contributed by atoms with Gasteiger partial charge in [-0.25, -0.2) is 9.97 Å². The van der Waals surface area contributed by atoms with E-state index in [1.807, 2.05) is 13.1 Å². The Labute approximate surface area is 259 Å². The molecule has 0 unspecified atom stereocenters. The number of piperazine rings is 1. The fourth-order valence-electron chi connectivity index (χ4n) is 5.19. The number of nitrogens with zero attached hydrogens (tertiary/aromatic N) is 8. The number of fused-ring (bicyclic) bond motifs is 1. The van der Waals surface area contributed by atoms with Gasteiger partial charge in [0, 0.05) is 63.5 Å². The molecule has 5 rings (SSSR count). The van der Waals surface area contributed by atoms with Crippen LogP contribution in [0.4, 0.5) is 17.5 Å². The first-order chi connectivity index (χ1) is 20.2. The van der Waals surface area contributed by atoms with Crippen molar-refractivity contribution in [1.82, 2.24) is 29.5 Å². The zero-order valence-corrected chi connectivity index (χ0v) is 26.7. The first-order valence-electron chi connectivity index (χ1n) is 14.8. The van der Waals surface area contributed by atoms with Crippen LogP contribution in [0.2, 0.25) is 0 Å². The van der Waals surface area contributed by atoms with E-state index in [0.717, 1.165) is 50.8 Å². The third-order valence-corrected chi connectivity index (χ3v) is 8.06. The first-order valence-corrected chi connectivity index (χ1v) is 14.8. The fraction of sp³-hybridized carbons (Fsp3) is 0.417. The molecule has 0 radical (unpaired) electrons. The van der Waals surface area contributed by atoms with Gasteiger partial charge in [-0.2, -0.15) is 9.50 Å². The second kappa shape index (κ2) is 11.9. The number of anilines is 3. The average Bonchev–Trinajstić information content (AvgIpc) is 3.61. The Morgan fingerprint density at radius 3 is 2.30 bits per heavy atom. The predicted molar refractivity (Wildman–Crippen MR) is 189 cm³/mol. The molecule has 19 heteroatoms. The summed E-state index contributed by atoms with van der Waals surface area (Å²) in [4.78, 5) is 20.2. The summed E-state index contributed by atoms with van der Waals surface area (Å²) in [5.74, 6) is 2.57. The fourth-order valence-corrected chi connectivity index (χ4v) is 5.19. The van der Waals surface area contributed by atoms with Crippen LogP contribution in [0.1, 0.15) is 0 Å². The zero-order valence-electron chi connectivity index (χ0n) is 26.7. The van der Waals surface area contributed by atoms with Gasteiger partial charge in [-0.1, -0.05) is 0 Å². The molecule has 3 aromatic heterocycles. The maximum atomic E-state index is 6.43. The van der Waals surface area contributed by atoms with Crippen LogP contribution in [0.3, 0.4) is 0 Å². The highest BCUT2D eigenvalue weighted by Gasteiger charge is 2.41. The third-order valence-electron chi connectivity index (χ3n) is 8.06. The summed E-state index contributed by atoms with van der Waals surface area (Å²) >= 11 is 0. The van der Waals surface area contributed by atoms with Crippen LogP contribution in [0.25, 0.3) is 17.4 Å².